The Labute approximate surface area is 173 Å². The van der Waals surface area contributed by atoms with Crippen LogP contribution in [0.25, 0.3) is 0 Å². The molecule has 9 nitrogen and oxygen atoms in total. The Kier molecular flexibility index (Phi) is 8.04. The van der Waals surface area contributed by atoms with E-state index in [4.69, 9.17) is 4.74 Å². The highest BCUT2D eigenvalue weighted by molar-refractivity contribution is 5.91. The highest BCUT2D eigenvalue weighted by Gasteiger charge is 2.25. The van der Waals surface area contributed by atoms with Gasteiger partial charge in [-0.25, -0.2) is 4.79 Å². The van der Waals surface area contributed by atoms with Crippen LogP contribution in [-0.4, -0.2) is 41.9 Å². The topological polar surface area (TPSA) is 128 Å². The number of hydrogen-bond donors (Lipinski definition) is 2. The van der Waals surface area contributed by atoms with Crippen molar-refractivity contribution in [3.63, 3.8) is 0 Å². The number of nitro groups is 1. The number of amides is 2. The second kappa shape index (κ2) is 10.7. The van der Waals surface area contributed by atoms with Crippen LogP contribution in [0.2, 0.25) is 0 Å². The van der Waals surface area contributed by atoms with Gasteiger partial charge in [-0.2, -0.15) is 0 Å². The Morgan fingerprint density at radius 1 is 1.03 bits per heavy atom. The zero-order valence-corrected chi connectivity index (χ0v) is 16.7. The maximum Gasteiger partial charge on any atom is 0.328 e. The summed E-state index contributed by atoms with van der Waals surface area (Å²) in [4.78, 5) is 47.0. The number of nitrogens with one attached hydrogen (secondary N) is 2. The van der Waals surface area contributed by atoms with E-state index < -0.39 is 34.8 Å². The minimum absolute atomic E-state index is 0.118. The molecule has 0 unspecified atom stereocenters. The predicted molar refractivity (Wildman–Crippen MR) is 108 cm³/mol. The van der Waals surface area contributed by atoms with E-state index in [1.165, 1.54) is 32.2 Å². The molecular weight excluding hydrogens is 390 g/mol. The van der Waals surface area contributed by atoms with Crippen molar-refractivity contribution in [1.82, 2.24) is 10.6 Å². The van der Waals surface area contributed by atoms with Crippen LogP contribution in [0.15, 0.2) is 54.6 Å². The van der Waals surface area contributed by atoms with E-state index in [1.54, 1.807) is 6.07 Å². The van der Waals surface area contributed by atoms with E-state index in [0.717, 1.165) is 5.56 Å². The molecule has 2 rings (SSSR count). The minimum atomic E-state index is -0.917. The van der Waals surface area contributed by atoms with Crippen molar-refractivity contribution in [3.8, 4) is 0 Å². The Bertz CT molecular complexity index is 916. The molecule has 0 bridgehead atoms. The van der Waals surface area contributed by atoms with Crippen molar-refractivity contribution < 1.29 is 24.0 Å². The highest BCUT2D eigenvalue weighted by Crippen LogP contribution is 2.13. The van der Waals surface area contributed by atoms with Gasteiger partial charge < -0.3 is 15.4 Å². The van der Waals surface area contributed by atoms with Gasteiger partial charge in [0, 0.05) is 18.6 Å². The number of methoxy groups -OCH3 is 1. The number of esters is 1. The van der Waals surface area contributed by atoms with Crippen LogP contribution < -0.4 is 10.6 Å². The van der Waals surface area contributed by atoms with Gasteiger partial charge in [0.1, 0.15) is 12.1 Å². The lowest BCUT2D eigenvalue weighted by Gasteiger charge is -2.20. The number of nitro benzene ring substituents is 1. The van der Waals surface area contributed by atoms with Gasteiger partial charge in [0.2, 0.25) is 11.8 Å². The lowest BCUT2D eigenvalue weighted by Crippen LogP contribution is -2.51. The third-order valence-corrected chi connectivity index (χ3v) is 4.34. The number of carbonyl (C=O) groups excluding carboxylic acids is 3. The van der Waals surface area contributed by atoms with E-state index in [2.05, 4.69) is 10.6 Å². The van der Waals surface area contributed by atoms with Crippen LogP contribution in [0.5, 0.6) is 0 Å². The van der Waals surface area contributed by atoms with Crippen molar-refractivity contribution in [1.29, 1.82) is 0 Å². The summed E-state index contributed by atoms with van der Waals surface area (Å²) in [7, 11) is 1.23. The average Bonchev–Trinajstić information content (AvgIpc) is 2.73. The quantitative estimate of drug-likeness (QED) is 0.365. The molecule has 0 aliphatic rings. The lowest BCUT2D eigenvalue weighted by molar-refractivity contribution is -0.384. The van der Waals surface area contributed by atoms with Gasteiger partial charge in [-0.15, -0.1) is 0 Å². The Morgan fingerprint density at radius 2 is 1.70 bits per heavy atom. The Balaban J connectivity index is 1.95. The first-order valence-electron chi connectivity index (χ1n) is 9.25. The summed E-state index contributed by atoms with van der Waals surface area (Å²) >= 11 is 0. The molecule has 9 heteroatoms. The molecule has 0 radical (unpaired) electrons. The molecule has 0 aromatic heterocycles. The van der Waals surface area contributed by atoms with Gasteiger partial charge >= 0.3 is 5.97 Å². The van der Waals surface area contributed by atoms with Crippen molar-refractivity contribution in [3.05, 3.63) is 75.8 Å². The average molecular weight is 413 g/mol. The minimum Gasteiger partial charge on any atom is -0.467 e. The highest BCUT2D eigenvalue weighted by atomic mass is 16.6. The summed E-state index contributed by atoms with van der Waals surface area (Å²) < 4.78 is 4.76. The van der Waals surface area contributed by atoms with Crippen LogP contribution in [0.3, 0.4) is 0 Å². The van der Waals surface area contributed by atoms with Gasteiger partial charge in [-0.3, -0.25) is 19.7 Å². The van der Waals surface area contributed by atoms with Gasteiger partial charge in [0.25, 0.3) is 5.69 Å². The van der Waals surface area contributed by atoms with E-state index in [1.807, 2.05) is 30.3 Å². The van der Waals surface area contributed by atoms with Crippen molar-refractivity contribution in [2.75, 3.05) is 7.11 Å². The summed E-state index contributed by atoms with van der Waals surface area (Å²) in [6, 6.07) is 13.0. The lowest BCUT2D eigenvalue weighted by atomic mass is 10.1. The predicted octanol–water partition coefficient (Wildman–Crippen LogP) is 1.54. The van der Waals surface area contributed by atoms with Crippen LogP contribution in [-0.2, 0) is 32.0 Å². The molecule has 2 atom stereocenters. The molecule has 2 aromatic carbocycles. The fraction of sp³-hybridized carbons (Fsp3) is 0.286. The molecule has 2 amide bonds. The van der Waals surface area contributed by atoms with Gasteiger partial charge in [0.05, 0.1) is 18.5 Å². The van der Waals surface area contributed by atoms with Crippen LogP contribution in [0, 0.1) is 10.1 Å². The van der Waals surface area contributed by atoms with E-state index in [9.17, 15) is 24.5 Å². The maximum absolute atomic E-state index is 12.5. The molecule has 0 aliphatic heterocycles. The maximum atomic E-state index is 12.5. The largest absolute Gasteiger partial charge is 0.467 e. The number of rotatable bonds is 9. The summed E-state index contributed by atoms with van der Waals surface area (Å²) in [5, 5.41) is 16.0. The number of ether oxygens (including phenoxy) is 1. The van der Waals surface area contributed by atoms with E-state index in [0.29, 0.717) is 5.56 Å². The second-order valence-corrected chi connectivity index (χ2v) is 6.67. The van der Waals surface area contributed by atoms with Gasteiger partial charge in [0.15, 0.2) is 0 Å². The third-order valence-electron chi connectivity index (χ3n) is 4.34. The van der Waals surface area contributed by atoms with Crippen molar-refractivity contribution in [2.24, 2.45) is 0 Å². The SMILES string of the molecule is COC(=O)[C@H](Cc1ccccc1)NC(=O)[C@H](C)NC(=O)Cc1cccc([N+](=O)[O-])c1. The summed E-state index contributed by atoms with van der Waals surface area (Å²) in [6.45, 7) is 1.48. The number of benzene rings is 2. The zero-order chi connectivity index (χ0) is 22.1. The number of nitrogens with zero attached hydrogens (tertiary/aromatic N) is 1. The Hall–Kier alpha value is -3.75. The fourth-order valence-corrected chi connectivity index (χ4v) is 2.81. The van der Waals surface area contributed by atoms with E-state index in [-0.39, 0.29) is 18.5 Å². The first-order valence-corrected chi connectivity index (χ1v) is 9.25. The molecule has 30 heavy (non-hydrogen) atoms. The fourth-order valence-electron chi connectivity index (χ4n) is 2.81. The van der Waals surface area contributed by atoms with Crippen molar-refractivity contribution in [2.45, 2.75) is 31.8 Å². The van der Waals surface area contributed by atoms with Crippen LogP contribution in [0.4, 0.5) is 5.69 Å². The van der Waals surface area contributed by atoms with Gasteiger partial charge in [-0.05, 0) is 18.1 Å². The molecule has 2 aromatic rings. The number of hydrogen-bond acceptors (Lipinski definition) is 6. The van der Waals surface area contributed by atoms with Crippen LogP contribution >= 0.6 is 0 Å². The number of non-ortho nitro benzene ring substituents is 1. The molecule has 158 valence electrons. The molecular formula is C21H23N3O6. The smallest absolute Gasteiger partial charge is 0.328 e. The molecule has 0 saturated heterocycles. The normalized spacial score (nSPS) is 12.3. The van der Waals surface area contributed by atoms with Crippen molar-refractivity contribution >= 4 is 23.5 Å². The van der Waals surface area contributed by atoms with Gasteiger partial charge in [-0.1, -0.05) is 42.5 Å². The molecule has 0 heterocycles. The third kappa shape index (κ3) is 6.69. The summed E-state index contributed by atoms with van der Waals surface area (Å²) in [5.74, 6) is -1.62. The molecule has 0 aliphatic carbocycles. The Morgan fingerprint density at radius 3 is 2.33 bits per heavy atom. The zero-order valence-electron chi connectivity index (χ0n) is 16.7. The standard InChI is InChI=1S/C21H23N3O6/c1-14(22-19(25)13-16-9-6-10-17(11-16)24(28)29)20(26)23-18(21(27)30-2)12-15-7-4-3-5-8-15/h3-11,14,18H,12-13H2,1-2H3,(H,22,25)(H,23,26)/t14-,18-/m0/s1. The molecule has 0 spiro atoms. The monoisotopic (exact) mass is 413 g/mol. The summed E-state index contributed by atoms with van der Waals surface area (Å²) in [6.07, 6.45) is 0.122. The first-order chi connectivity index (χ1) is 14.3. The number of carbonyl (C=O) groups is 3. The first kappa shape index (κ1) is 22.5. The molecule has 2 N–H and O–H groups in total. The van der Waals surface area contributed by atoms with Crippen LogP contribution in [0.1, 0.15) is 18.1 Å². The van der Waals surface area contributed by atoms with E-state index >= 15 is 0 Å². The molecule has 0 saturated carbocycles. The summed E-state index contributed by atoms with van der Waals surface area (Å²) in [5.41, 5.74) is 1.18. The second-order valence-electron chi connectivity index (χ2n) is 6.67. The molecule has 0 fully saturated rings.